The predicted octanol–water partition coefficient (Wildman–Crippen LogP) is 3.98. The lowest BCUT2D eigenvalue weighted by Crippen LogP contribution is -2.30. The molecule has 0 aromatic rings. The van der Waals surface area contributed by atoms with Crippen LogP contribution in [0.5, 0.6) is 0 Å². The third-order valence-corrected chi connectivity index (χ3v) is 5.55. The van der Waals surface area contributed by atoms with E-state index in [2.05, 4.69) is 25.8 Å². The van der Waals surface area contributed by atoms with Crippen LogP contribution in [0, 0.1) is 5.41 Å². The van der Waals surface area contributed by atoms with Gasteiger partial charge in [-0.1, -0.05) is 60.3 Å². The van der Waals surface area contributed by atoms with Crippen molar-refractivity contribution in [2.45, 2.75) is 56.4 Å². The number of carbonyl (C=O) groups is 3. The van der Waals surface area contributed by atoms with Crippen LogP contribution in [0.25, 0.3) is 0 Å². The maximum absolute atomic E-state index is 12.3. The molecule has 0 spiro atoms. The minimum Gasteiger partial charge on any atom is -0.444 e. The number of isocyanates is 1. The molecule has 11 heteroatoms. The van der Waals surface area contributed by atoms with Crippen molar-refractivity contribution in [3.63, 3.8) is 0 Å². The summed E-state index contributed by atoms with van der Waals surface area (Å²) >= 11 is 14.9. The molecule has 3 amide bonds. The van der Waals surface area contributed by atoms with Crippen LogP contribution in [-0.4, -0.2) is 51.9 Å². The van der Waals surface area contributed by atoms with Crippen LogP contribution in [0.1, 0.15) is 46.5 Å². The Labute approximate surface area is 196 Å². The molecular weight excluding hydrogens is 469 g/mol. The van der Waals surface area contributed by atoms with Crippen molar-refractivity contribution in [1.82, 2.24) is 4.90 Å². The molecule has 2 rings (SSSR count). The van der Waals surface area contributed by atoms with E-state index in [1.54, 1.807) is 11.0 Å². The Hall–Kier alpha value is -1.86. The number of allylic oxidation sites excluding steroid dienone is 3. The molecule has 31 heavy (non-hydrogen) atoms. The van der Waals surface area contributed by atoms with E-state index >= 15 is 0 Å². The van der Waals surface area contributed by atoms with Crippen LogP contribution in [-0.2, 0) is 19.1 Å². The number of primary amides is 1. The van der Waals surface area contributed by atoms with Gasteiger partial charge in [-0.2, -0.15) is 0 Å². The number of hydrogen-bond acceptors (Lipinski definition) is 5. The molecule has 0 aromatic heterocycles. The Bertz CT molecular complexity index is 811. The fraction of sp³-hybridized carbons (Fsp3) is 0.600. The molecular formula is C20H26Cl3N3O5. The lowest BCUT2D eigenvalue weighted by atomic mass is 9.72. The first-order valence-electron chi connectivity index (χ1n) is 9.60. The Morgan fingerprint density at radius 1 is 1.32 bits per heavy atom. The summed E-state index contributed by atoms with van der Waals surface area (Å²) in [7, 11) is 0. The number of amides is 3. The molecule has 1 aliphatic carbocycles. The number of alkyl halides is 3. The second-order valence-electron chi connectivity index (χ2n) is 7.90. The van der Waals surface area contributed by atoms with Crippen molar-refractivity contribution >= 4 is 58.8 Å². The summed E-state index contributed by atoms with van der Waals surface area (Å²) in [5.41, 5.74) is 7.78. The van der Waals surface area contributed by atoms with E-state index in [9.17, 15) is 19.2 Å². The largest absolute Gasteiger partial charge is 0.444 e. The van der Waals surface area contributed by atoms with Gasteiger partial charge in [0.05, 0.1) is 6.54 Å². The van der Waals surface area contributed by atoms with E-state index in [4.69, 9.17) is 45.3 Å². The van der Waals surface area contributed by atoms with Crippen molar-refractivity contribution < 1.29 is 23.9 Å². The van der Waals surface area contributed by atoms with E-state index in [0.717, 1.165) is 18.9 Å². The summed E-state index contributed by atoms with van der Waals surface area (Å²) < 4.78 is 2.81. The van der Waals surface area contributed by atoms with Gasteiger partial charge in [0.15, 0.2) is 0 Å². The summed E-state index contributed by atoms with van der Waals surface area (Å²) in [6.45, 7) is 7.63. The highest BCUT2D eigenvalue weighted by Gasteiger charge is 2.30. The topological polar surface area (TPSA) is 119 Å². The second-order valence-corrected chi connectivity index (χ2v) is 10.2. The highest BCUT2D eigenvalue weighted by atomic mass is 35.6. The van der Waals surface area contributed by atoms with E-state index in [-0.39, 0.29) is 17.4 Å². The third-order valence-electron chi connectivity index (χ3n) is 5.06. The lowest BCUT2D eigenvalue weighted by Gasteiger charge is -2.32. The van der Waals surface area contributed by atoms with Gasteiger partial charge in [-0.3, -0.25) is 9.59 Å². The fourth-order valence-corrected chi connectivity index (χ4v) is 3.69. The highest BCUT2D eigenvalue weighted by Crippen LogP contribution is 2.40. The van der Waals surface area contributed by atoms with E-state index in [0.29, 0.717) is 19.5 Å². The minimum absolute atomic E-state index is 0.0303. The summed E-state index contributed by atoms with van der Waals surface area (Å²) in [5, 5.41) is 0. The number of rotatable bonds is 3. The van der Waals surface area contributed by atoms with Gasteiger partial charge in [-0.15, -0.1) is 4.99 Å². The first-order valence-corrected chi connectivity index (χ1v) is 10.7. The van der Waals surface area contributed by atoms with Gasteiger partial charge >= 0.3 is 12.0 Å². The minimum atomic E-state index is -2.14. The Kier molecular flexibility index (Phi) is 10.2. The molecule has 1 saturated heterocycles. The first-order chi connectivity index (χ1) is 14.3. The average Bonchev–Trinajstić information content (AvgIpc) is 3.08. The van der Waals surface area contributed by atoms with E-state index in [1.807, 2.05) is 6.08 Å². The standard InChI is InChI=1S/C17H26N2O3.C3Cl3NO2/c1-12-5-4-9-17(2,3)14(12)6-7-15(20)19-10-8-13(11-19)22-16(18)21;4-3(5,6)2(9)7-1-8/h6-7,13H,4-5,8-11H2,1-3H3,(H2,18,21);/t13-;/m0./s1. The van der Waals surface area contributed by atoms with Crippen molar-refractivity contribution in [3.8, 4) is 0 Å². The van der Waals surface area contributed by atoms with Crippen LogP contribution >= 0.6 is 34.8 Å². The number of nitrogens with two attached hydrogens (primary N) is 1. The zero-order chi connectivity index (χ0) is 23.8. The third kappa shape index (κ3) is 9.03. The molecule has 0 saturated carbocycles. The monoisotopic (exact) mass is 493 g/mol. The SMILES string of the molecule is CC1=C(C=CC(=O)N2CC[C@H](OC(N)=O)C2)C(C)(C)CCC1.O=C=NC(=O)C(Cl)(Cl)Cl. The van der Waals surface area contributed by atoms with Gasteiger partial charge in [0.2, 0.25) is 12.0 Å². The molecule has 1 aliphatic heterocycles. The van der Waals surface area contributed by atoms with Crippen molar-refractivity contribution in [2.75, 3.05) is 13.1 Å². The van der Waals surface area contributed by atoms with Crippen LogP contribution < -0.4 is 5.73 Å². The predicted molar refractivity (Wildman–Crippen MR) is 119 cm³/mol. The molecule has 0 aromatic carbocycles. The number of ether oxygens (including phenoxy) is 1. The summed E-state index contributed by atoms with van der Waals surface area (Å²) in [6, 6.07) is 0. The van der Waals surface area contributed by atoms with Crippen LogP contribution in [0.3, 0.4) is 0 Å². The zero-order valence-corrected chi connectivity index (χ0v) is 19.9. The quantitative estimate of drug-likeness (QED) is 0.275. The zero-order valence-electron chi connectivity index (χ0n) is 17.6. The molecule has 1 atom stereocenters. The summed E-state index contributed by atoms with van der Waals surface area (Å²) in [6.07, 6.45) is 7.63. The van der Waals surface area contributed by atoms with Crippen LogP contribution in [0.2, 0.25) is 0 Å². The van der Waals surface area contributed by atoms with E-state index in [1.165, 1.54) is 17.6 Å². The number of halogens is 3. The molecule has 8 nitrogen and oxygen atoms in total. The van der Waals surface area contributed by atoms with Crippen LogP contribution in [0.15, 0.2) is 28.3 Å². The van der Waals surface area contributed by atoms with Crippen molar-refractivity contribution in [1.29, 1.82) is 0 Å². The number of likely N-dealkylation sites (tertiary alicyclic amines) is 1. The molecule has 2 N–H and O–H groups in total. The van der Waals surface area contributed by atoms with Gasteiger partial charge < -0.3 is 15.4 Å². The maximum Gasteiger partial charge on any atom is 0.404 e. The summed E-state index contributed by atoms with van der Waals surface area (Å²) in [4.78, 5) is 46.9. The van der Waals surface area contributed by atoms with Crippen LogP contribution in [0.4, 0.5) is 4.79 Å². The van der Waals surface area contributed by atoms with Gasteiger partial charge in [0.1, 0.15) is 6.10 Å². The molecule has 0 unspecified atom stereocenters. The van der Waals surface area contributed by atoms with Crippen molar-refractivity contribution in [3.05, 3.63) is 23.3 Å². The molecule has 0 bridgehead atoms. The van der Waals surface area contributed by atoms with Gasteiger partial charge in [-0.05, 0) is 37.2 Å². The van der Waals surface area contributed by atoms with Gasteiger partial charge in [0.25, 0.3) is 3.79 Å². The number of carbonyl (C=O) groups excluding carboxylic acids is 4. The molecule has 0 radical (unpaired) electrons. The Morgan fingerprint density at radius 2 is 1.97 bits per heavy atom. The summed E-state index contributed by atoms with van der Waals surface area (Å²) in [5.74, 6) is -1.17. The number of nitrogens with zero attached hydrogens (tertiary/aromatic N) is 2. The van der Waals surface area contributed by atoms with Crippen molar-refractivity contribution in [2.24, 2.45) is 16.1 Å². The Morgan fingerprint density at radius 3 is 2.45 bits per heavy atom. The Balaban J connectivity index is 0.000000452. The number of hydrogen-bond donors (Lipinski definition) is 1. The van der Waals surface area contributed by atoms with E-state index < -0.39 is 15.8 Å². The molecule has 172 valence electrons. The first kappa shape index (κ1) is 27.2. The van der Waals surface area contributed by atoms with Gasteiger partial charge in [0, 0.05) is 19.0 Å². The maximum atomic E-state index is 12.3. The normalized spacial score (nSPS) is 20.6. The second kappa shape index (κ2) is 11.7. The smallest absolute Gasteiger partial charge is 0.404 e. The number of aliphatic imine (C=N–C) groups is 1. The highest BCUT2D eigenvalue weighted by molar-refractivity contribution is 6.76. The lowest BCUT2D eigenvalue weighted by molar-refractivity contribution is -0.125. The average molecular weight is 495 g/mol. The molecule has 1 fully saturated rings. The molecule has 1 heterocycles. The molecule has 2 aliphatic rings. The van der Waals surface area contributed by atoms with Gasteiger partial charge in [-0.25, -0.2) is 9.59 Å². The fourth-order valence-electron chi connectivity index (χ4n) is 3.56.